The molecule has 3 nitrogen and oxygen atoms in total. The molecular weight excluding hydrogens is 289 g/mol. The Morgan fingerprint density at radius 2 is 2.29 bits per heavy atom. The molecule has 1 rings (SSSR count). The molecule has 0 aliphatic rings. The molecule has 2 N–H and O–H groups in total. The number of rotatable bonds is 5. The molecule has 0 radical (unpaired) electrons. The molecule has 5 heteroatoms. The molecule has 0 aromatic heterocycles. The molecule has 1 unspecified atom stereocenters. The zero-order valence-corrected chi connectivity index (χ0v) is 11.1. The van der Waals surface area contributed by atoms with Gasteiger partial charge in [-0.05, 0) is 47.8 Å². The van der Waals surface area contributed by atoms with Crippen molar-refractivity contribution < 1.29 is 14.3 Å². The summed E-state index contributed by atoms with van der Waals surface area (Å²) in [5.74, 6) is -0.991. The Morgan fingerprint density at radius 1 is 1.59 bits per heavy atom. The highest BCUT2D eigenvalue weighted by molar-refractivity contribution is 9.10. The molecule has 0 heterocycles. The van der Waals surface area contributed by atoms with Gasteiger partial charge < -0.3 is 10.4 Å². The highest BCUT2D eigenvalue weighted by Gasteiger charge is 2.12. The minimum Gasteiger partial charge on any atom is -0.393 e. The van der Waals surface area contributed by atoms with Crippen molar-refractivity contribution in [1.29, 1.82) is 0 Å². The van der Waals surface area contributed by atoms with E-state index in [1.165, 1.54) is 6.07 Å². The van der Waals surface area contributed by atoms with Crippen LogP contribution in [0.3, 0.4) is 0 Å². The van der Waals surface area contributed by atoms with E-state index in [0.717, 1.165) is 0 Å². The van der Waals surface area contributed by atoms with Gasteiger partial charge in [0.25, 0.3) is 5.91 Å². The fourth-order valence-electron chi connectivity index (χ4n) is 1.37. The van der Waals surface area contributed by atoms with Gasteiger partial charge in [-0.1, -0.05) is 6.07 Å². The van der Waals surface area contributed by atoms with Crippen molar-refractivity contribution in [3.63, 3.8) is 0 Å². The third-order valence-electron chi connectivity index (χ3n) is 2.28. The lowest BCUT2D eigenvalue weighted by molar-refractivity contribution is 0.0945. The Morgan fingerprint density at radius 3 is 2.94 bits per heavy atom. The Kier molecular flexibility index (Phi) is 5.58. The Hall–Kier alpha value is -0.940. The molecule has 1 aromatic rings. The van der Waals surface area contributed by atoms with Crippen LogP contribution in [0.15, 0.2) is 22.7 Å². The van der Waals surface area contributed by atoms with E-state index in [0.29, 0.717) is 19.4 Å². The number of nitrogens with one attached hydrogen (secondary N) is 1. The van der Waals surface area contributed by atoms with Crippen LogP contribution >= 0.6 is 15.9 Å². The molecule has 17 heavy (non-hydrogen) atoms. The standard InChI is InChI=1S/C12H15BrFNO2/c1-8(16)4-3-7-15-12(17)9-5-2-6-10(13)11(9)14/h2,5-6,8,16H,3-4,7H2,1H3,(H,15,17). The molecule has 1 amide bonds. The van der Waals surface area contributed by atoms with E-state index in [4.69, 9.17) is 5.11 Å². The van der Waals surface area contributed by atoms with E-state index in [-0.39, 0.29) is 16.1 Å². The summed E-state index contributed by atoms with van der Waals surface area (Å²) in [6.07, 6.45) is 0.898. The normalized spacial score (nSPS) is 12.2. The lowest BCUT2D eigenvalue weighted by atomic mass is 10.2. The number of aliphatic hydroxyl groups excluding tert-OH is 1. The summed E-state index contributed by atoms with van der Waals surface area (Å²) in [6, 6.07) is 4.58. The first kappa shape index (κ1) is 14.1. The van der Waals surface area contributed by atoms with Gasteiger partial charge in [-0.3, -0.25) is 4.79 Å². The van der Waals surface area contributed by atoms with Crippen LogP contribution in [0.25, 0.3) is 0 Å². The number of amides is 1. The number of aliphatic hydroxyl groups is 1. The summed E-state index contributed by atoms with van der Waals surface area (Å²) in [5.41, 5.74) is 0.0245. The average Bonchev–Trinajstić information content (AvgIpc) is 2.27. The number of hydrogen-bond acceptors (Lipinski definition) is 2. The quantitative estimate of drug-likeness (QED) is 0.821. The molecular formula is C12H15BrFNO2. The smallest absolute Gasteiger partial charge is 0.254 e. The summed E-state index contributed by atoms with van der Waals surface area (Å²) in [7, 11) is 0. The lowest BCUT2D eigenvalue weighted by Crippen LogP contribution is -2.26. The van der Waals surface area contributed by atoms with Crippen molar-refractivity contribution in [3.8, 4) is 0 Å². The van der Waals surface area contributed by atoms with Crippen LogP contribution in [-0.4, -0.2) is 23.7 Å². The maximum absolute atomic E-state index is 13.5. The first-order valence-corrected chi connectivity index (χ1v) is 6.22. The van der Waals surface area contributed by atoms with Crippen LogP contribution in [0.1, 0.15) is 30.1 Å². The van der Waals surface area contributed by atoms with E-state index in [1.807, 2.05) is 0 Å². The number of carbonyl (C=O) groups is 1. The van der Waals surface area contributed by atoms with Crippen molar-refractivity contribution in [1.82, 2.24) is 5.32 Å². The fourth-order valence-corrected chi connectivity index (χ4v) is 1.74. The fraction of sp³-hybridized carbons (Fsp3) is 0.417. The predicted molar refractivity (Wildman–Crippen MR) is 67.3 cm³/mol. The largest absolute Gasteiger partial charge is 0.393 e. The van der Waals surface area contributed by atoms with Gasteiger partial charge in [-0.15, -0.1) is 0 Å². The maximum Gasteiger partial charge on any atom is 0.254 e. The van der Waals surface area contributed by atoms with Gasteiger partial charge in [0, 0.05) is 6.54 Å². The molecule has 0 aliphatic carbocycles. The second-order valence-electron chi connectivity index (χ2n) is 3.85. The summed E-state index contributed by atoms with van der Waals surface area (Å²) >= 11 is 3.03. The predicted octanol–water partition coefficient (Wildman–Crippen LogP) is 2.48. The first-order valence-electron chi connectivity index (χ1n) is 5.42. The van der Waals surface area contributed by atoms with Gasteiger partial charge >= 0.3 is 0 Å². The van der Waals surface area contributed by atoms with Crippen LogP contribution in [0.2, 0.25) is 0 Å². The Bertz CT molecular complexity index is 396. The van der Waals surface area contributed by atoms with Crippen molar-refractivity contribution in [3.05, 3.63) is 34.1 Å². The average molecular weight is 304 g/mol. The minimum absolute atomic E-state index is 0.0245. The molecule has 94 valence electrons. The van der Waals surface area contributed by atoms with E-state index >= 15 is 0 Å². The zero-order valence-electron chi connectivity index (χ0n) is 9.54. The van der Waals surface area contributed by atoms with Gasteiger partial charge in [0.05, 0.1) is 16.1 Å². The summed E-state index contributed by atoms with van der Waals surface area (Å²) < 4.78 is 13.8. The monoisotopic (exact) mass is 303 g/mol. The molecule has 0 saturated carbocycles. The summed E-state index contributed by atoms with van der Waals surface area (Å²) in [5, 5.41) is 11.6. The second kappa shape index (κ2) is 6.71. The number of hydrogen-bond donors (Lipinski definition) is 2. The van der Waals surface area contributed by atoms with E-state index in [2.05, 4.69) is 21.2 Å². The number of benzene rings is 1. The molecule has 1 atom stereocenters. The number of carbonyl (C=O) groups excluding carboxylic acids is 1. The topological polar surface area (TPSA) is 49.3 Å². The number of halogens is 2. The van der Waals surface area contributed by atoms with Gasteiger partial charge in [-0.25, -0.2) is 4.39 Å². The van der Waals surface area contributed by atoms with Gasteiger partial charge in [0.15, 0.2) is 0 Å². The molecule has 0 saturated heterocycles. The zero-order chi connectivity index (χ0) is 12.8. The molecule has 0 aliphatic heterocycles. The molecule has 0 fully saturated rings. The summed E-state index contributed by atoms with van der Waals surface area (Å²) in [6.45, 7) is 2.12. The highest BCUT2D eigenvalue weighted by atomic mass is 79.9. The third-order valence-corrected chi connectivity index (χ3v) is 2.89. The highest BCUT2D eigenvalue weighted by Crippen LogP contribution is 2.18. The van der Waals surface area contributed by atoms with Gasteiger partial charge in [0.1, 0.15) is 5.82 Å². The Balaban J connectivity index is 2.50. The SMILES string of the molecule is CC(O)CCCNC(=O)c1cccc(Br)c1F. The van der Waals surface area contributed by atoms with Crippen molar-refractivity contribution in [2.75, 3.05) is 6.54 Å². The van der Waals surface area contributed by atoms with Crippen LogP contribution in [0.5, 0.6) is 0 Å². The van der Waals surface area contributed by atoms with E-state index < -0.39 is 11.7 Å². The molecule has 0 bridgehead atoms. The maximum atomic E-state index is 13.5. The summed E-state index contributed by atoms with van der Waals surface area (Å²) in [4.78, 5) is 11.6. The van der Waals surface area contributed by atoms with Gasteiger partial charge in [-0.2, -0.15) is 0 Å². The minimum atomic E-state index is -0.555. The Labute approximate surface area is 108 Å². The van der Waals surface area contributed by atoms with E-state index in [1.54, 1.807) is 19.1 Å². The van der Waals surface area contributed by atoms with Crippen molar-refractivity contribution in [2.45, 2.75) is 25.9 Å². The van der Waals surface area contributed by atoms with Crippen LogP contribution in [0, 0.1) is 5.82 Å². The van der Waals surface area contributed by atoms with Crippen LogP contribution in [0.4, 0.5) is 4.39 Å². The van der Waals surface area contributed by atoms with E-state index in [9.17, 15) is 9.18 Å². The van der Waals surface area contributed by atoms with Crippen molar-refractivity contribution in [2.24, 2.45) is 0 Å². The molecule has 0 spiro atoms. The van der Waals surface area contributed by atoms with Crippen LogP contribution in [-0.2, 0) is 0 Å². The first-order chi connectivity index (χ1) is 8.02. The van der Waals surface area contributed by atoms with Gasteiger partial charge in [0.2, 0.25) is 0 Å². The third kappa shape index (κ3) is 4.44. The molecule has 1 aromatic carbocycles. The van der Waals surface area contributed by atoms with Crippen molar-refractivity contribution >= 4 is 21.8 Å². The van der Waals surface area contributed by atoms with Crippen LogP contribution < -0.4 is 5.32 Å². The second-order valence-corrected chi connectivity index (χ2v) is 4.70. The lowest BCUT2D eigenvalue weighted by Gasteiger charge is -2.07.